The third-order valence-electron chi connectivity index (χ3n) is 3.57. The van der Waals surface area contributed by atoms with E-state index in [1.54, 1.807) is 0 Å². The van der Waals surface area contributed by atoms with Crippen LogP contribution in [0.2, 0.25) is 5.02 Å². The Morgan fingerprint density at radius 1 is 1.42 bits per heavy atom. The van der Waals surface area contributed by atoms with Crippen molar-refractivity contribution in [2.24, 2.45) is 0 Å². The second kappa shape index (κ2) is 5.47. The molecule has 0 bridgehead atoms. The Bertz CT molecular complexity index is 578. The predicted octanol–water partition coefficient (Wildman–Crippen LogP) is 3.70. The zero-order valence-electron chi connectivity index (χ0n) is 10.6. The molecule has 102 valence electrons. The number of aromatic nitrogens is 1. The summed E-state index contributed by atoms with van der Waals surface area (Å²) >= 11 is 5.94. The molecule has 1 aliphatic rings. The quantitative estimate of drug-likeness (QED) is 0.933. The Morgan fingerprint density at radius 3 is 3.11 bits per heavy atom. The molecule has 0 aliphatic carbocycles. The van der Waals surface area contributed by atoms with Gasteiger partial charge in [-0.25, -0.2) is 9.37 Å². The number of nitrogens with one attached hydrogen (secondary N) is 1. The maximum atomic E-state index is 13.2. The van der Waals surface area contributed by atoms with E-state index in [0.29, 0.717) is 23.0 Å². The molecule has 0 amide bonds. The van der Waals surface area contributed by atoms with Crippen molar-refractivity contribution in [3.8, 4) is 0 Å². The fourth-order valence-electron chi connectivity index (χ4n) is 2.58. The van der Waals surface area contributed by atoms with Gasteiger partial charge in [0.05, 0.1) is 5.02 Å². The van der Waals surface area contributed by atoms with Gasteiger partial charge in [-0.05, 0) is 31.9 Å². The highest BCUT2D eigenvalue weighted by Crippen LogP contribution is 2.26. The smallest absolute Gasteiger partial charge is 0.195 e. The lowest BCUT2D eigenvalue weighted by atomic mass is 10.0. The summed E-state index contributed by atoms with van der Waals surface area (Å²) in [5.74, 6) is 0.251. The van der Waals surface area contributed by atoms with Gasteiger partial charge in [-0.3, -0.25) is 0 Å². The maximum absolute atomic E-state index is 13.2. The van der Waals surface area contributed by atoms with Gasteiger partial charge in [-0.1, -0.05) is 18.0 Å². The second-order valence-electron chi connectivity index (χ2n) is 5.03. The van der Waals surface area contributed by atoms with Crippen LogP contribution in [0.25, 0.3) is 11.1 Å². The van der Waals surface area contributed by atoms with Crippen LogP contribution in [-0.2, 0) is 6.42 Å². The summed E-state index contributed by atoms with van der Waals surface area (Å²) in [4.78, 5) is 4.30. The molecule has 1 unspecified atom stereocenters. The highest BCUT2D eigenvalue weighted by Gasteiger charge is 2.15. The Kier molecular flexibility index (Phi) is 3.71. The van der Waals surface area contributed by atoms with Gasteiger partial charge in [0.2, 0.25) is 0 Å². The summed E-state index contributed by atoms with van der Waals surface area (Å²) in [7, 11) is 0. The minimum atomic E-state index is -0.383. The van der Waals surface area contributed by atoms with Crippen molar-refractivity contribution in [2.75, 3.05) is 6.54 Å². The van der Waals surface area contributed by atoms with Gasteiger partial charge < -0.3 is 9.73 Å². The Balaban J connectivity index is 1.72. The molecule has 1 aromatic heterocycles. The first-order chi connectivity index (χ1) is 9.22. The molecule has 0 saturated carbocycles. The summed E-state index contributed by atoms with van der Waals surface area (Å²) in [6.45, 7) is 1.09. The van der Waals surface area contributed by atoms with E-state index in [1.165, 1.54) is 31.4 Å². The molecule has 3 nitrogen and oxygen atoms in total. The van der Waals surface area contributed by atoms with E-state index in [2.05, 4.69) is 10.3 Å². The molecule has 1 aliphatic heterocycles. The SMILES string of the molecule is Fc1cc(Cl)c2oc(CCC3CCCCN3)nc2c1. The number of rotatable bonds is 3. The molecule has 0 spiro atoms. The zero-order chi connectivity index (χ0) is 13.2. The van der Waals surface area contributed by atoms with Gasteiger partial charge >= 0.3 is 0 Å². The zero-order valence-corrected chi connectivity index (χ0v) is 11.3. The molecule has 2 heterocycles. The Morgan fingerprint density at radius 2 is 2.32 bits per heavy atom. The monoisotopic (exact) mass is 282 g/mol. The van der Waals surface area contributed by atoms with Crippen LogP contribution >= 0.6 is 11.6 Å². The number of oxazole rings is 1. The third-order valence-corrected chi connectivity index (χ3v) is 3.85. The van der Waals surface area contributed by atoms with Gasteiger partial charge in [0.15, 0.2) is 11.5 Å². The van der Waals surface area contributed by atoms with Crippen molar-refractivity contribution in [2.45, 2.75) is 38.1 Å². The van der Waals surface area contributed by atoms with Crippen molar-refractivity contribution in [3.63, 3.8) is 0 Å². The molecule has 0 radical (unpaired) electrons. The number of fused-ring (bicyclic) bond motifs is 1. The average Bonchev–Trinajstić information content (AvgIpc) is 2.81. The number of benzene rings is 1. The van der Waals surface area contributed by atoms with E-state index in [9.17, 15) is 4.39 Å². The first-order valence-corrected chi connectivity index (χ1v) is 7.08. The highest BCUT2D eigenvalue weighted by atomic mass is 35.5. The molecule has 3 rings (SSSR count). The van der Waals surface area contributed by atoms with Gasteiger partial charge in [0.25, 0.3) is 0 Å². The molecule has 1 fully saturated rings. The first kappa shape index (κ1) is 12.9. The van der Waals surface area contributed by atoms with Gasteiger partial charge in [-0.15, -0.1) is 0 Å². The average molecular weight is 283 g/mol. The molecular weight excluding hydrogens is 267 g/mol. The summed E-state index contributed by atoms with van der Waals surface area (Å²) in [6, 6.07) is 3.14. The van der Waals surface area contributed by atoms with Crippen LogP contribution in [0, 0.1) is 5.82 Å². The van der Waals surface area contributed by atoms with Crippen molar-refractivity contribution in [1.82, 2.24) is 10.3 Å². The summed E-state index contributed by atoms with van der Waals surface area (Å²) in [5.41, 5.74) is 0.978. The van der Waals surface area contributed by atoms with Crippen LogP contribution < -0.4 is 5.32 Å². The summed E-state index contributed by atoms with van der Waals surface area (Å²) in [5, 5.41) is 3.77. The van der Waals surface area contributed by atoms with Crippen LogP contribution in [-0.4, -0.2) is 17.6 Å². The lowest BCUT2D eigenvalue weighted by Gasteiger charge is -2.22. The minimum absolute atomic E-state index is 0.282. The van der Waals surface area contributed by atoms with Gasteiger partial charge in [-0.2, -0.15) is 0 Å². The standard InChI is InChI=1S/C14H16ClFN2O/c15-11-7-9(16)8-12-14(11)19-13(18-12)5-4-10-3-1-2-6-17-10/h7-8,10,17H,1-6H2. The van der Waals surface area contributed by atoms with E-state index in [0.717, 1.165) is 19.4 Å². The van der Waals surface area contributed by atoms with E-state index in [1.807, 2.05) is 0 Å². The van der Waals surface area contributed by atoms with Crippen LogP contribution in [0.5, 0.6) is 0 Å². The fraction of sp³-hybridized carbons (Fsp3) is 0.500. The fourth-order valence-corrected chi connectivity index (χ4v) is 2.82. The molecule has 1 saturated heterocycles. The molecule has 5 heteroatoms. The molecular formula is C14H16ClFN2O. The Hall–Kier alpha value is -1.13. The maximum Gasteiger partial charge on any atom is 0.195 e. The van der Waals surface area contributed by atoms with E-state index in [-0.39, 0.29) is 10.8 Å². The van der Waals surface area contributed by atoms with Gasteiger partial charge in [0, 0.05) is 18.5 Å². The van der Waals surface area contributed by atoms with E-state index < -0.39 is 0 Å². The van der Waals surface area contributed by atoms with Crippen molar-refractivity contribution in [1.29, 1.82) is 0 Å². The third kappa shape index (κ3) is 2.90. The normalized spacial score (nSPS) is 20.0. The van der Waals surface area contributed by atoms with Crippen LogP contribution in [0.1, 0.15) is 31.6 Å². The Labute approximate surface area is 116 Å². The number of nitrogens with zero attached hydrogens (tertiary/aromatic N) is 1. The van der Waals surface area contributed by atoms with Crippen LogP contribution in [0.4, 0.5) is 4.39 Å². The lowest BCUT2D eigenvalue weighted by molar-refractivity contribution is 0.371. The summed E-state index contributed by atoms with van der Waals surface area (Å²) < 4.78 is 18.8. The number of piperidine rings is 1. The molecule has 1 aromatic carbocycles. The number of hydrogen-bond donors (Lipinski definition) is 1. The van der Waals surface area contributed by atoms with Crippen molar-refractivity contribution in [3.05, 3.63) is 28.9 Å². The number of halogens is 2. The van der Waals surface area contributed by atoms with Crippen LogP contribution in [0.15, 0.2) is 16.5 Å². The van der Waals surface area contributed by atoms with Gasteiger partial charge in [0.1, 0.15) is 11.3 Å². The van der Waals surface area contributed by atoms with E-state index >= 15 is 0 Å². The topological polar surface area (TPSA) is 38.1 Å². The largest absolute Gasteiger partial charge is 0.439 e. The number of aryl methyl sites for hydroxylation is 1. The lowest BCUT2D eigenvalue weighted by Crippen LogP contribution is -2.34. The van der Waals surface area contributed by atoms with Crippen molar-refractivity contribution < 1.29 is 8.81 Å². The van der Waals surface area contributed by atoms with Crippen molar-refractivity contribution >= 4 is 22.7 Å². The highest BCUT2D eigenvalue weighted by molar-refractivity contribution is 6.34. The van der Waals surface area contributed by atoms with Crippen LogP contribution in [0.3, 0.4) is 0 Å². The molecule has 2 aromatic rings. The summed E-state index contributed by atoms with van der Waals surface area (Å²) in [6.07, 6.45) is 5.49. The first-order valence-electron chi connectivity index (χ1n) is 6.70. The predicted molar refractivity (Wildman–Crippen MR) is 72.9 cm³/mol. The van der Waals surface area contributed by atoms with E-state index in [4.69, 9.17) is 16.0 Å². The number of hydrogen-bond acceptors (Lipinski definition) is 3. The molecule has 1 N–H and O–H groups in total. The molecule has 19 heavy (non-hydrogen) atoms. The molecule has 1 atom stereocenters. The second-order valence-corrected chi connectivity index (χ2v) is 5.44. The minimum Gasteiger partial charge on any atom is -0.439 e.